The molecule has 3 aromatic carbocycles. The van der Waals surface area contributed by atoms with E-state index in [0.717, 1.165) is 45.0 Å². The van der Waals surface area contributed by atoms with Gasteiger partial charge in [0.05, 0.1) is 24.2 Å². The van der Waals surface area contributed by atoms with E-state index in [4.69, 9.17) is 16.1 Å². The van der Waals surface area contributed by atoms with Crippen LogP contribution >= 0.6 is 23.4 Å². The van der Waals surface area contributed by atoms with Crippen molar-refractivity contribution >= 4 is 40.9 Å². The zero-order valence-electron chi connectivity index (χ0n) is 19.1. The van der Waals surface area contributed by atoms with Gasteiger partial charge in [0.15, 0.2) is 0 Å². The molecule has 0 unspecified atom stereocenters. The number of rotatable bonds is 6. The van der Waals surface area contributed by atoms with Crippen molar-refractivity contribution in [3.8, 4) is 11.4 Å². The number of fused-ring (bicyclic) bond motifs is 2. The molecule has 1 saturated carbocycles. The Kier molecular flexibility index (Phi) is 5.99. The molecule has 4 aromatic rings. The molecule has 0 spiro atoms. The molecule has 2 amide bonds. The van der Waals surface area contributed by atoms with Crippen LogP contribution in [-0.2, 0) is 17.8 Å². The Bertz CT molecular complexity index is 1470. The molecule has 9 heteroatoms. The van der Waals surface area contributed by atoms with Gasteiger partial charge in [-0.15, -0.1) is 0 Å². The van der Waals surface area contributed by atoms with Crippen LogP contribution in [0.3, 0.4) is 0 Å². The van der Waals surface area contributed by atoms with Crippen LogP contribution in [0.25, 0.3) is 11.4 Å². The van der Waals surface area contributed by atoms with Crippen LogP contribution in [0.1, 0.15) is 34.7 Å². The molecule has 0 bridgehead atoms. The summed E-state index contributed by atoms with van der Waals surface area (Å²) in [6, 6.07) is 21.0. The van der Waals surface area contributed by atoms with Gasteiger partial charge in [0, 0.05) is 26.4 Å². The smallest absolute Gasteiger partial charge is 0.259 e. The first kappa shape index (κ1) is 22.8. The van der Waals surface area contributed by atoms with E-state index in [1.807, 2.05) is 59.5 Å². The molecule has 1 fully saturated rings. The summed E-state index contributed by atoms with van der Waals surface area (Å²) in [7, 11) is 0. The molecule has 36 heavy (non-hydrogen) atoms. The number of carbonyl (C=O) groups is 2. The van der Waals surface area contributed by atoms with Gasteiger partial charge in [0.2, 0.25) is 17.6 Å². The van der Waals surface area contributed by atoms with Crippen molar-refractivity contribution in [2.45, 2.75) is 41.6 Å². The van der Waals surface area contributed by atoms with Crippen LogP contribution in [0, 0.1) is 0 Å². The average molecular weight is 517 g/mol. The first-order chi connectivity index (χ1) is 17.5. The van der Waals surface area contributed by atoms with Crippen molar-refractivity contribution in [1.82, 2.24) is 15.5 Å². The molecule has 1 aliphatic heterocycles. The van der Waals surface area contributed by atoms with Crippen molar-refractivity contribution in [2.75, 3.05) is 4.90 Å². The van der Waals surface area contributed by atoms with Crippen LogP contribution in [0.2, 0.25) is 5.02 Å². The predicted molar refractivity (Wildman–Crippen MR) is 137 cm³/mol. The SMILES string of the molecule is O=C(Cc1ccc(Cl)cc1)NCc1nc(-c2ccc3c(c2)Sc2ccccc2C(=O)N3C2CC2)no1. The summed E-state index contributed by atoms with van der Waals surface area (Å²) < 4.78 is 5.38. The molecule has 180 valence electrons. The minimum atomic E-state index is -0.151. The molecule has 2 aliphatic rings. The molecular weight excluding hydrogens is 496 g/mol. The zero-order chi connectivity index (χ0) is 24.6. The summed E-state index contributed by atoms with van der Waals surface area (Å²) in [4.78, 5) is 33.9. The summed E-state index contributed by atoms with van der Waals surface area (Å²) >= 11 is 7.47. The standard InChI is InChI=1S/C27H21ClN4O3S/c28-18-8-5-16(6-9-18)13-24(33)29-15-25-30-26(31-35-25)17-7-12-21-23(14-17)36-22-4-2-1-3-20(22)27(34)32(21)19-10-11-19/h1-9,12,14,19H,10-11,13,15H2,(H,29,33). The maximum Gasteiger partial charge on any atom is 0.259 e. The van der Waals surface area contributed by atoms with Crippen LogP contribution in [-0.4, -0.2) is 28.0 Å². The highest BCUT2D eigenvalue weighted by molar-refractivity contribution is 7.99. The summed E-state index contributed by atoms with van der Waals surface area (Å²) in [6.45, 7) is 0.135. The number of nitrogens with zero attached hydrogens (tertiary/aromatic N) is 3. The van der Waals surface area contributed by atoms with Gasteiger partial charge >= 0.3 is 0 Å². The van der Waals surface area contributed by atoms with Crippen LogP contribution in [0.15, 0.2) is 81.0 Å². The Balaban J connectivity index is 1.20. The highest BCUT2D eigenvalue weighted by atomic mass is 35.5. The minimum Gasteiger partial charge on any atom is -0.347 e. The summed E-state index contributed by atoms with van der Waals surface area (Å²) in [5, 5.41) is 7.55. The van der Waals surface area contributed by atoms with E-state index in [-0.39, 0.29) is 30.8 Å². The lowest BCUT2D eigenvalue weighted by Gasteiger charge is -2.22. The third-order valence-corrected chi connectivity index (χ3v) is 7.50. The molecule has 2 heterocycles. The van der Waals surface area contributed by atoms with Gasteiger partial charge in [0.25, 0.3) is 5.91 Å². The van der Waals surface area contributed by atoms with Gasteiger partial charge in [-0.1, -0.05) is 52.8 Å². The van der Waals surface area contributed by atoms with E-state index in [1.165, 1.54) is 0 Å². The van der Waals surface area contributed by atoms with E-state index in [2.05, 4.69) is 15.5 Å². The van der Waals surface area contributed by atoms with Crippen molar-refractivity contribution < 1.29 is 14.1 Å². The molecule has 0 saturated heterocycles. The minimum absolute atomic E-state index is 0.0447. The Morgan fingerprint density at radius 1 is 1.08 bits per heavy atom. The Hall–Kier alpha value is -3.62. The van der Waals surface area contributed by atoms with Gasteiger partial charge in [0.1, 0.15) is 0 Å². The fraction of sp³-hybridized carbons (Fsp3) is 0.185. The third-order valence-electron chi connectivity index (χ3n) is 6.13. The second-order valence-electron chi connectivity index (χ2n) is 8.78. The van der Waals surface area contributed by atoms with Gasteiger partial charge < -0.3 is 14.7 Å². The fourth-order valence-electron chi connectivity index (χ4n) is 4.19. The monoisotopic (exact) mass is 516 g/mol. The highest BCUT2D eigenvalue weighted by Gasteiger charge is 2.38. The number of carbonyl (C=O) groups excluding carboxylic acids is 2. The Morgan fingerprint density at radius 2 is 1.89 bits per heavy atom. The molecule has 7 nitrogen and oxygen atoms in total. The number of benzene rings is 3. The molecule has 1 aromatic heterocycles. The zero-order valence-corrected chi connectivity index (χ0v) is 20.7. The molecule has 1 aliphatic carbocycles. The Morgan fingerprint density at radius 3 is 2.69 bits per heavy atom. The van der Waals surface area contributed by atoms with Crippen LogP contribution in [0.5, 0.6) is 0 Å². The van der Waals surface area contributed by atoms with Crippen molar-refractivity contribution in [2.24, 2.45) is 0 Å². The van der Waals surface area contributed by atoms with Gasteiger partial charge in [-0.05, 0) is 60.9 Å². The first-order valence-electron chi connectivity index (χ1n) is 11.6. The summed E-state index contributed by atoms with van der Waals surface area (Å²) in [5.41, 5.74) is 3.28. The second kappa shape index (κ2) is 9.44. The molecule has 0 radical (unpaired) electrons. The van der Waals surface area contributed by atoms with Gasteiger partial charge in [-0.2, -0.15) is 4.98 Å². The number of amides is 2. The highest BCUT2D eigenvalue weighted by Crippen LogP contribution is 2.46. The summed E-state index contributed by atoms with van der Waals surface area (Å²) in [5.74, 6) is 0.643. The quantitative estimate of drug-likeness (QED) is 0.363. The van der Waals surface area contributed by atoms with Crippen LogP contribution < -0.4 is 10.2 Å². The second-order valence-corrected chi connectivity index (χ2v) is 10.3. The van der Waals surface area contributed by atoms with E-state index in [0.29, 0.717) is 16.7 Å². The largest absolute Gasteiger partial charge is 0.347 e. The van der Waals surface area contributed by atoms with E-state index >= 15 is 0 Å². The third kappa shape index (κ3) is 4.62. The lowest BCUT2D eigenvalue weighted by atomic mass is 10.1. The van der Waals surface area contributed by atoms with E-state index in [1.54, 1.807) is 23.9 Å². The maximum atomic E-state index is 13.3. The number of hydrogen-bond donors (Lipinski definition) is 1. The number of aromatic nitrogens is 2. The van der Waals surface area contributed by atoms with Gasteiger partial charge in [-0.3, -0.25) is 9.59 Å². The number of halogens is 1. The molecule has 1 N–H and O–H groups in total. The van der Waals surface area contributed by atoms with E-state index in [9.17, 15) is 9.59 Å². The first-order valence-corrected chi connectivity index (χ1v) is 12.8. The van der Waals surface area contributed by atoms with Crippen molar-refractivity contribution in [1.29, 1.82) is 0 Å². The fourth-order valence-corrected chi connectivity index (χ4v) is 5.42. The van der Waals surface area contributed by atoms with Crippen LogP contribution in [0.4, 0.5) is 5.69 Å². The Labute approximate surface area is 216 Å². The molecule has 6 rings (SSSR count). The maximum absolute atomic E-state index is 13.3. The number of anilines is 1. The lowest BCUT2D eigenvalue weighted by Crippen LogP contribution is -2.32. The number of nitrogens with one attached hydrogen (secondary N) is 1. The lowest BCUT2D eigenvalue weighted by molar-refractivity contribution is -0.120. The van der Waals surface area contributed by atoms with Gasteiger partial charge in [-0.25, -0.2) is 0 Å². The molecular formula is C27H21ClN4O3S. The average Bonchev–Trinajstić information content (AvgIpc) is 3.62. The number of hydrogen-bond acceptors (Lipinski definition) is 6. The van der Waals surface area contributed by atoms with Crippen molar-refractivity contribution in [3.05, 3.63) is 88.8 Å². The normalized spacial score (nSPS) is 14.7. The predicted octanol–water partition coefficient (Wildman–Crippen LogP) is 5.52. The summed E-state index contributed by atoms with van der Waals surface area (Å²) in [6.07, 6.45) is 2.26. The topological polar surface area (TPSA) is 88.3 Å². The molecule has 0 atom stereocenters. The van der Waals surface area contributed by atoms with Crippen molar-refractivity contribution in [3.63, 3.8) is 0 Å². The van der Waals surface area contributed by atoms with E-state index < -0.39 is 0 Å².